The van der Waals surface area contributed by atoms with Crippen molar-refractivity contribution < 1.29 is 22.6 Å². The van der Waals surface area contributed by atoms with E-state index in [4.69, 9.17) is 9.47 Å². The van der Waals surface area contributed by atoms with Crippen molar-refractivity contribution in [2.24, 2.45) is 0 Å². The van der Waals surface area contributed by atoms with Gasteiger partial charge in [-0.3, -0.25) is 0 Å². The number of ether oxygens (including phenoxy) is 2. The van der Waals surface area contributed by atoms with E-state index in [1.54, 1.807) is 18.2 Å². The molecule has 0 aliphatic carbocycles. The summed E-state index contributed by atoms with van der Waals surface area (Å²) in [5, 5.41) is 9.39. The van der Waals surface area contributed by atoms with E-state index in [1.807, 2.05) is 13.0 Å². The van der Waals surface area contributed by atoms with Crippen LogP contribution in [-0.4, -0.2) is 14.2 Å². The Morgan fingerprint density at radius 2 is 1.60 bits per heavy atom. The maximum atomic E-state index is 12.7. The largest absolute Gasteiger partial charge is 0.493 e. The van der Waals surface area contributed by atoms with E-state index in [0.717, 1.165) is 17.7 Å². The quantitative estimate of drug-likeness (QED) is 0.571. The third-order valence-electron chi connectivity index (χ3n) is 3.72. The molecule has 0 heterocycles. The van der Waals surface area contributed by atoms with Gasteiger partial charge in [-0.25, -0.2) is 0 Å². The van der Waals surface area contributed by atoms with Crippen molar-refractivity contribution in [3.8, 4) is 17.6 Å². The highest BCUT2D eigenvalue weighted by Crippen LogP contribution is 2.33. The fourth-order valence-electron chi connectivity index (χ4n) is 2.33. The number of methoxy groups -OCH3 is 2. The van der Waals surface area contributed by atoms with Crippen LogP contribution < -0.4 is 9.47 Å². The first kappa shape index (κ1) is 18.4. The number of halogens is 3. The summed E-state index contributed by atoms with van der Waals surface area (Å²) in [6, 6.07) is 10.0. The van der Waals surface area contributed by atoms with Crippen LogP contribution in [0.25, 0.3) is 11.6 Å². The molecule has 130 valence electrons. The third-order valence-corrected chi connectivity index (χ3v) is 3.72. The Labute approximate surface area is 143 Å². The molecule has 6 heteroatoms. The van der Waals surface area contributed by atoms with Gasteiger partial charge in [0.2, 0.25) is 0 Å². The van der Waals surface area contributed by atoms with Gasteiger partial charge in [-0.2, -0.15) is 18.4 Å². The molecule has 0 atom stereocenters. The first-order valence-corrected chi connectivity index (χ1v) is 7.32. The molecule has 0 radical (unpaired) electrons. The van der Waals surface area contributed by atoms with Gasteiger partial charge >= 0.3 is 6.18 Å². The first-order valence-electron chi connectivity index (χ1n) is 7.32. The molecule has 2 aromatic carbocycles. The van der Waals surface area contributed by atoms with Crippen molar-refractivity contribution in [3.05, 3.63) is 58.7 Å². The normalized spacial score (nSPS) is 11.8. The van der Waals surface area contributed by atoms with Gasteiger partial charge in [0, 0.05) is 0 Å². The lowest BCUT2D eigenvalue weighted by atomic mass is 9.99. The summed E-state index contributed by atoms with van der Waals surface area (Å²) in [5.74, 6) is 1.06. The monoisotopic (exact) mass is 347 g/mol. The predicted octanol–water partition coefficient (Wildman–Crippen LogP) is 5.10. The maximum absolute atomic E-state index is 12.7. The van der Waals surface area contributed by atoms with E-state index in [2.05, 4.69) is 0 Å². The Morgan fingerprint density at radius 1 is 1.04 bits per heavy atom. The van der Waals surface area contributed by atoms with Crippen molar-refractivity contribution in [1.82, 2.24) is 0 Å². The third kappa shape index (κ3) is 4.13. The van der Waals surface area contributed by atoms with Crippen molar-refractivity contribution in [1.29, 1.82) is 5.26 Å². The molecular formula is C19H16F3NO2. The van der Waals surface area contributed by atoms with Crippen LogP contribution >= 0.6 is 0 Å². The minimum Gasteiger partial charge on any atom is -0.493 e. The molecule has 2 aromatic rings. The number of aryl methyl sites for hydroxylation is 1. The van der Waals surface area contributed by atoms with Crippen molar-refractivity contribution in [2.75, 3.05) is 14.2 Å². The zero-order valence-electron chi connectivity index (χ0n) is 13.9. The molecule has 0 aromatic heterocycles. The molecule has 0 bridgehead atoms. The molecule has 0 spiro atoms. The summed E-state index contributed by atoms with van der Waals surface area (Å²) >= 11 is 0. The van der Waals surface area contributed by atoms with Crippen LogP contribution in [0.1, 0.15) is 22.3 Å². The Morgan fingerprint density at radius 3 is 2.08 bits per heavy atom. The highest BCUT2D eigenvalue weighted by molar-refractivity contribution is 5.90. The molecule has 3 nitrogen and oxygen atoms in total. The molecule has 0 aliphatic rings. The fourth-order valence-corrected chi connectivity index (χ4v) is 2.33. The number of rotatable bonds is 4. The van der Waals surface area contributed by atoms with Crippen molar-refractivity contribution in [3.63, 3.8) is 0 Å². The molecule has 0 N–H and O–H groups in total. The Kier molecular flexibility index (Phi) is 5.38. The van der Waals surface area contributed by atoms with Gasteiger partial charge < -0.3 is 9.47 Å². The van der Waals surface area contributed by atoms with Crippen LogP contribution in [0.15, 0.2) is 36.4 Å². The predicted molar refractivity (Wildman–Crippen MR) is 89.2 cm³/mol. The molecule has 0 unspecified atom stereocenters. The number of hydrogen-bond acceptors (Lipinski definition) is 3. The minimum absolute atomic E-state index is 0.254. The molecular weight excluding hydrogens is 331 g/mol. The summed E-state index contributed by atoms with van der Waals surface area (Å²) in [7, 11) is 3.03. The van der Waals surface area contributed by atoms with Gasteiger partial charge in [0.05, 0.1) is 31.4 Å². The molecule has 25 heavy (non-hydrogen) atoms. The second kappa shape index (κ2) is 7.31. The average molecular weight is 347 g/mol. The molecule has 0 amide bonds. The van der Waals surface area contributed by atoms with Crippen LogP contribution in [0.5, 0.6) is 11.5 Å². The summed E-state index contributed by atoms with van der Waals surface area (Å²) in [6.45, 7) is 1.84. The zero-order valence-corrected chi connectivity index (χ0v) is 13.9. The SMILES string of the molecule is COc1cc(C)c(C=C(C#N)c2ccc(C(F)(F)F)cc2)cc1OC. The van der Waals surface area contributed by atoms with E-state index >= 15 is 0 Å². The van der Waals surface area contributed by atoms with Crippen LogP contribution in [0.4, 0.5) is 13.2 Å². The standard InChI is InChI=1S/C19H16F3NO2/c1-12-8-17(24-2)18(25-3)10-14(12)9-15(11-23)13-4-6-16(7-5-13)19(20,21)22/h4-10H,1-3H3. The van der Waals surface area contributed by atoms with Gasteiger partial charge in [-0.15, -0.1) is 0 Å². The zero-order chi connectivity index (χ0) is 18.6. The molecule has 0 fully saturated rings. The molecule has 2 rings (SSSR count). The smallest absolute Gasteiger partial charge is 0.416 e. The molecule has 0 saturated carbocycles. The van der Waals surface area contributed by atoms with E-state index in [9.17, 15) is 18.4 Å². The average Bonchev–Trinajstić information content (AvgIpc) is 2.59. The second-order valence-corrected chi connectivity index (χ2v) is 5.31. The topological polar surface area (TPSA) is 42.2 Å². The fraction of sp³-hybridized carbons (Fsp3) is 0.211. The van der Waals surface area contributed by atoms with Crippen LogP contribution in [-0.2, 0) is 6.18 Å². The number of benzene rings is 2. The Balaban J connectivity index is 2.46. The van der Waals surface area contributed by atoms with Gasteiger partial charge in [-0.05, 0) is 54.0 Å². The maximum Gasteiger partial charge on any atom is 0.416 e. The second-order valence-electron chi connectivity index (χ2n) is 5.31. The van der Waals surface area contributed by atoms with Crippen LogP contribution in [0.2, 0.25) is 0 Å². The number of nitrogens with zero attached hydrogens (tertiary/aromatic N) is 1. The number of nitriles is 1. The van der Waals surface area contributed by atoms with Gasteiger partial charge in [0.1, 0.15) is 0 Å². The molecule has 0 aliphatic heterocycles. The lowest BCUT2D eigenvalue weighted by Crippen LogP contribution is -2.04. The van der Waals surface area contributed by atoms with E-state index in [0.29, 0.717) is 22.6 Å². The van der Waals surface area contributed by atoms with Crippen LogP contribution in [0.3, 0.4) is 0 Å². The van der Waals surface area contributed by atoms with E-state index in [1.165, 1.54) is 26.4 Å². The van der Waals surface area contributed by atoms with Crippen molar-refractivity contribution >= 4 is 11.6 Å². The summed E-state index contributed by atoms with van der Waals surface area (Å²) in [4.78, 5) is 0. The lowest BCUT2D eigenvalue weighted by molar-refractivity contribution is -0.137. The first-order chi connectivity index (χ1) is 11.8. The highest BCUT2D eigenvalue weighted by Gasteiger charge is 2.30. The number of allylic oxidation sites excluding steroid dienone is 1. The van der Waals surface area contributed by atoms with Gasteiger partial charge in [0.15, 0.2) is 11.5 Å². The van der Waals surface area contributed by atoms with Crippen LogP contribution in [0, 0.1) is 18.3 Å². The summed E-state index contributed by atoms with van der Waals surface area (Å²) < 4.78 is 48.4. The minimum atomic E-state index is -4.41. The summed E-state index contributed by atoms with van der Waals surface area (Å²) in [6.07, 6.45) is -2.80. The Hall–Kier alpha value is -2.94. The highest BCUT2D eigenvalue weighted by atomic mass is 19.4. The molecule has 0 saturated heterocycles. The van der Waals surface area contributed by atoms with Crippen molar-refractivity contribution in [2.45, 2.75) is 13.1 Å². The Bertz CT molecular complexity index is 831. The number of hydrogen-bond donors (Lipinski definition) is 0. The number of alkyl halides is 3. The lowest BCUT2D eigenvalue weighted by Gasteiger charge is -2.11. The van der Waals surface area contributed by atoms with Gasteiger partial charge in [0.25, 0.3) is 0 Å². The van der Waals surface area contributed by atoms with E-state index < -0.39 is 11.7 Å². The van der Waals surface area contributed by atoms with Gasteiger partial charge in [-0.1, -0.05) is 12.1 Å². The van der Waals surface area contributed by atoms with E-state index in [-0.39, 0.29) is 5.57 Å². The summed E-state index contributed by atoms with van der Waals surface area (Å²) in [5.41, 5.74) is 1.47.